The molecule has 5 nitrogen and oxygen atoms in total. The SMILES string of the molecule is CCNc1cc2c(N[C@H](C)c3cccc(C(F)F)c3F)nc(C)nc2cn1. The van der Waals surface area contributed by atoms with E-state index >= 15 is 0 Å². The maximum absolute atomic E-state index is 14.5. The molecule has 8 heteroatoms. The van der Waals surface area contributed by atoms with Gasteiger partial charge in [-0.25, -0.2) is 28.1 Å². The van der Waals surface area contributed by atoms with Crippen LogP contribution >= 0.6 is 0 Å². The number of nitrogens with zero attached hydrogens (tertiary/aromatic N) is 3. The minimum absolute atomic E-state index is 0.151. The number of aryl methyl sites for hydroxylation is 1. The van der Waals surface area contributed by atoms with Crippen molar-refractivity contribution in [3.63, 3.8) is 0 Å². The van der Waals surface area contributed by atoms with Gasteiger partial charge in [-0.3, -0.25) is 0 Å². The lowest BCUT2D eigenvalue weighted by atomic mass is 10.0. The number of anilines is 2. The molecule has 142 valence electrons. The lowest BCUT2D eigenvalue weighted by molar-refractivity contribution is 0.146. The van der Waals surface area contributed by atoms with Crippen LogP contribution in [0.1, 0.15) is 43.3 Å². The number of rotatable bonds is 6. The quantitative estimate of drug-likeness (QED) is 0.634. The highest BCUT2D eigenvalue weighted by Gasteiger charge is 2.20. The molecule has 2 aromatic heterocycles. The van der Waals surface area contributed by atoms with Gasteiger partial charge in [0.25, 0.3) is 6.43 Å². The number of alkyl halides is 2. The van der Waals surface area contributed by atoms with Gasteiger partial charge in [0.15, 0.2) is 0 Å². The summed E-state index contributed by atoms with van der Waals surface area (Å²) < 4.78 is 40.4. The number of nitrogens with one attached hydrogen (secondary N) is 2. The fourth-order valence-electron chi connectivity index (χ4n) is 2.89. The number of benzene rings is 1. The number of halogens is 3. The van der Waals surface area contributed by atoms with Crippen LogP contribution in [-0.2, 0) is 0 Å². The topological polar surface area (TPSA) is 62.7 Å². The summed E-state index contributed by atoms with van der Waals surface area (Å²) in [6.45, 7) is 6.10. The van der Waals surface area contributed by atoms with Crippen LogP contribution in [-0.4, -0.2) is 21.5 Å². The molecular formula is C19H20F3N5. The normalized spacial score (nSPS) is 12.4. The van der Waals surface area contributed by atoms with Gasteiger partial charge in [-0.2, -0.15) is 0 Å². The first kappa shape index (κ1) is 18.9. The van der Waals surface area contributed by atoms with Crippen LogP contribution in [0.2, 0.25) is 0 Å². The summed E-state index contributed by atoms with van der Waals surface area (Å²) in [6, 6.07) is 5.24. The fourth-order valence-corrected chi connectivity index (χ4v) is 2.89. The van der Waals surface area contributed by atoms with Crippen molar-refractivity contribution < 1.29 is 13.2 Å². The Morgan fingerprint density at radius 3 is 2.59 bits per heavy atom. The second-order valence-corrected chi connectivity index (χ2v) is 6.15. The van der Waals surface area contributed by atoms with Crippen LogP contribution in [0.25, 0.3) is 10.9 Å². The Labute approximate surface area is 155 Å². The minimum atomic E-state index is -2.87. The van der Waals surface area contributed by atoms with Crippen LogP contribution < -0.4 is 10.6 Å². The summed E-state index contributed by atoms with van der Waals surface area (Å²) in [5, 5.41) is 6.96. The van der Waals surface area contributed by atoms with Crippen molar-refractivity contribution in [1.82, 2.24) is 15.0 Å². The van der Waals surface area contributed by atoms with E-state index in [0.717, 1.165) is 6.07 Å². The zero-order valence-electron chi connectivity index (χ0n) is 15.2. The van der Waals surface area contributed by atoms with E-state index in [1.165, 1.54) is 12.1 Å². The summed E-state index contributed by atoms with van der Waals surface area (Å²) in [7, 11) is 0. The average molecular weight is 375 g/mol. The second kappa shape index (κ2) is 7.77. The van der Waals surface area contributed by atoms with Crippen molar-refractivity contribution in [2.75, 3.05) is 17.2 Å². The Morgan fingerprint density at radius 1 is 1.15 bits per heavy atom. The monoisotopic (exact) mass is 375 g/mol. The molecule has 0 unspecified atom stereocenters. The average Bonchev–Trinajstić information content (AvgIpc) is 2.62. The predicted molar refractivity (Wildman–Crippen MR) is 99.6 cm³/mol. The zero-order chi connectivity index (χ0) is 19.6. The Kier molecular flexibility index (Phi) is 5.43. The Bertz CT molecular complexity index is 961. The van der Waals surface area contributed by atoms with E-state index in [9.17, 15) is 13.2 Å². The molecule has 0 aliphatic heterocycles. The van der Waals surface area contributed by atoms with E-state index in [4.69, 9.17) is 0 Å². The fraction of sp³-hybridized carbons (Fsp3) is 0.316. The van der Waals surface area contributed by atoms with E-state index in [1.54, 1.807) is 26.1 Å². The van der Waals surface area contributed by atoms with Gasteiger partial charge < -0.3 is 10.6 Å². The van der Waals surface area contributed by atoms with E-state index < -0.39 is 23.8 Å². The first-order valence-electron chi connectivity index (χ1n) is 8.62. The number of hydrogen-bond acceptors (Lipinski definition) is 5. The van der Waals surface area contributed by atoms with Gasteiger partial charge >= 0.3 is 0 Å². The summed E-state index contributed by atoms with van der Waals surface area (Å²) in [5.41, 5.74) is 0.183. The molecule has 0 spiro atoms. The number of fused-ring (bicyclic) bond motifs is 1. The molecule has 3 aromatic rings. The first-order valence-corrected chi connectivity index (χ1v) is 8.62. The third-order valence-electron chi connectivity index (χ3n) is 4.17. The van der Waals surface area contributed by atoms with Crippen LogP contribution in [0, 0.1) is 12.7 Å². The van der Waals surface area contributed by atoms with E-state index in [0.29, 0.717) is 34.9 Å². The molecule has 1 atom stereocenters. The van der Waals surface area contributed by atoms with Gasteiger partial charge in [0, 0.05) is 17.5 Å². The molecule has 2 heterocycles. The van der Waals surface area contributed by atoms with E-state index in [2.05, 4.69) is 25.6 Å². The third kappa shape index (κ3) is 3.94. The molecule has 0 aliphatic rings. The van der Waals surface area contributed by atoms with Crippen molar-refractivity contribution in [3.05, 3.63) is 53.2 Å². The maximum atomic E-state index is 14.5. The van der Waals surface area contributed by atoms with Crippen LogP contribution in [0.5, 0.6) is 0 Å². The van der Waals surface area contributed by atoms with Crippen molar-refractivity contribution in [2.24, 2.45) is 0 Å². The number of hydrogen-bond donors (Lipinski definition) is 2. The molecule has 0 saturated heterocycles. The molecular weight excluding hydrogens is 355 g/mol. The lowest BCUT2D eigenvalue weighted by Gasteiger charge is -2.19. The first-order chi connectivity index (χ1) is 12.9. The van der Waals surface area contributed by atoms with Gasteiger partial charge in [0.05, 0.1) is 23.3 Å². The number of pyridine rings is 1. The van der Waals surface area contributed by atoms with Gasteiger partial charge in [-0.05, 0) is 26.8 Å². The van der Waals surface area contributed by atoms with E-state index in [-0.39, 0.29) is 5.56 Å². The minimum Gasteiger partial charge on any atom is -0.370 e. The Hall–Kier alpha value is -2.90. The molecule has 27 heavy (non-hydrogen) atoms. The molecule has 0 amide bonds. The van der Waals surface area contributed by atoms with Gasteiger partial charge in [-0.1, -0.05) is 18.2 Å². The van der Waals surface area contributed by atoms with Crippen LogP contribution in [0.15, 0.2) is 30.5 Å². The molecule has 0 aliphatic carbocycles. The summed E-state index contributed by atoms with van der Waals surface area (Å²) >= 11 is 0. The lowest BCUT2D eigenvalue weighted by Crippen LogP contribution is -2.12. The summed E-state index contributed by atoms with van der Waals surface area (Å²) in [5.74, 6) is 0.780. The van der Waals surface area contributed by atoms with Crippen LogP contribution in [0.3, 0.4) is 0 Å². The predicted octanol–water partition coefficient (Wildman–Crippen LogP) is 5.01. The van der Waals surface area contributed by atoms with Crippen molar-refractivity contribution >= 4 is 22.5 Å². The Balaban J connectivity index is 2.01. The standard InChI is InChI=1S/C19H20F3N5/c1-4-23-16-8-14-15(9-24-16)26-11(3)27-19(14)25-10(2)12-6-5-7-13(17(12)20)18(21)22/h5-10,18H,4H2,1-3H3,(H,23,24)(H,25,26,27)/t10-/m1/s1. The maximum Gasteiger partial charge on any atom is 0.266 e. The molecule has 3 rings (SSSR count). The third-order valence-corrected chi connectivity index (χ3v) is 4.17. The smallest absolute Gasteiger partial charge is 0.266 e. The van der Waals surface area contributed by atoms with Crippen molar-refractivity contribution in [3.8, 4) is 0 Å². The molecule has 2 N–H and O–H groups in total. The van der Waals surface area contributed by atoms with Crippen LogP contribution in [0.4, 0.5) is 24.8 Å². The number of aromatic nitrogens is 3. The molecule has 0 radical (unpaired) electrons. The van der Waals surface area contributed by atoms with Gasteiger partial charge in [-0.15, -0.1) is 0 Å². The summed E-state index contributed by atoms with van der Waals surface area (Å²) in [6.07, 6.45) is -1.23. The molecule has 0 fully saturated rings. The zero-order valence-corrected chi connectivity index (χ0v) is 15.2. The molecule has 0 bridgehead atoms. The van der Waals surface area contributed by atoms with Gasteiger partial charge in [0.2, 0.25) is 0 Å². The van der Waals surface area contributed by atoms with E-state index in [1.807, 2.05) is 6.92 Å². The highest BCUT2D eigenvalue weighted by molar-refractivity contribution is 5.90. The van der Waals surface area contributed by atoms with Crippen molar-refractivity contribution in [2.45, 2.75) is 33.2 Å². The Morgan fingerprint density at radius 2 is 1.89 bits per heavy atom. The largest absolute Gasteiger partial charge is 0.370 e. The second-order valence-electron chi connectivity index (χ2n) is 6.15. The van der Waals surface area contributed by atoms with Gasteiger partial charge in [0.1, 0.15) is 23.3 Å². The molecule has 0 saturated carbocycles. The molecule has 1 aromatic carbocycles. The highest BCUT2D eigenvalue weighted by atomic mass is 19.3. The highest BCUT2D eigenvalue weighted by Crippen LogP contribution is 2.30. The van der Waals surface area contributed by atoms with Crippen molar-refractivity contribution in [1.29, 1.82) is 0 Å². The summed E-state index contributed by atoms with van der Waals surface area (Å²) in [4.78, 5) is 13.1.